The fourth-order valence-electron chi connectivity index (χ4n) is 3.99. The summed E-state index contributed by atoms with van der Waals surface area (Å²) in [7, 11) is 2.12. The number of nitrogens with one attached hydrogen (secondary N) is 2. The molecule has 2 aromatic rings. The maximum absolute atomic E-state index is 4.60. The van der Waals surface area contributed by atoms with E-state index in [4.69, 9.17) is 0 Å². The molecule has 148 valence electrons. The van der Waals surface area contributed by atoms with Gasteiger partial charge in [-0.1, -0.05) is 20.8 Å². The zero-order valence-electron chi connectivity index (χ0n) is 17.6. The molecule has 2 atom stereocenters. The van der Waals surface area contributed by atoms with Crippen LogP contribution in [-0.4, -0.2) is 22.3 Å². The highest BCUT2D eigenvalue weighted by Gasteiger charge is 2.37. The predicted molar refractivity (Wildman–Crippen MR) is 112 cm³/mol. The predicted octanol–water partition coefficient (Wildman–Crippen LogP) is 3.03. The van der Waals surface area contributed by atoms with Crippen LogP contribution in [0.25, 0.3) is 0 Å². The fraction of sp³-hybridized carbons (Fsp3) is 0.476. The van der Waals surface area contributed by atoms with Gasteiger partial charge in [-0.2, -0.15) is 0 Å². The van der Waals surface area contributed by atoms with Gasteiger partial charge in [0.1, 0.15) is 6.17 Å². The van der Waals surface area contributed by atoms with Gasteiger partial charge >= 0.3 is 0 Å². The molecule has 2 aliphatic heterocycles. The third-order valence-corrected chi connectivity index (χ3v) is 5.19. The molecule has 0 aliphatic carbocycles. The van der Waals surface area contributed by atoms with E-state index in [1.54, 1.807) is 12.4 Å². The quantitative estimate of drug-likeness (QED) is 0.799. The highest BCUT2D eigenvalue weighted by molar-refractivity contribution is 5.74. The van der Waals surface area contributed by atoms with Crippen LogP contribution in [0, 0.1) is 5.41 Å². The van der Waals surface area contributed by atoms with Gasteiger partial charge in [0.25, 0.3) is 0 Å². The van der Waals surface area contributed by atoms with Crippen molar-refractivity contribution in [2.75, 3.05) is 15.1 Å². The molecule has 2 aliphatic rings. The van der Waals surface area contributed by atoms with Crippen molar-refractivity contribution in [2.45, 2.75) is 53.4 Å². The van der Waals surface area contributed by atoms with Gasteiger partial charge in [-0.3, -0.25) is 0 Å². The van der Waals surface area contributed by atoms with Crippen LogP contribution in [0.5, 0.6) is 0 Å². The van der Waals surface area contributed by atoms with Crippen LogP contribution in [0.2, 0.25) is 0 Å². The molecule has 2 N–H and O–H groups in total. The molecule has 0 bridgehead atoms. The zero-order valence-corrected chi connectivity index (χ0v) is 17.6. The molecule has 7 nitrogen and oxygen atoms in total. The van der Waals surface area contributed by atoms with E-state index in [9.17, 15) is 0 Å². The number of pyridine rings is 1. The number of anilines is 4. The largest absolute Gasteiger partial charge is 0.357 e. The molecule has 0 radical (unpaired) electrons. The van der Waals surface area contributed by atoms with E-state index >= 15 is 0 Å². The number of nitrogens with zero attached hydrogens (tertiary/aromatic N) is 5. The molecule has 0 spiro atoms. The summed E-state index contributed by atoms with van der Waals surface area (Å²) in [5.74, 6) is 3.94. The summed E-state index contributed by atoms with van der Waals surface area (Å²) in [5.41, 5.74) is 1.51. The molecule has 0 aromatic carbocycles. The van der Waals surface area contributed by atoms with Gasteiger partial charge in [-0.05, 0) is 31.2 Å². The molecule has 4 heterocycles. The summed E-state index contributed by atoms with van der Waals surface area (Å²) in [4.78, 5) is 13.6. The van der Waals surface area contributed by atoms with E-state index in [0.29, 0.717) is 0 Å². The Morgan fingerprint density at radius 2 is 1.79 bits per heavy atom. The minimum Gasteiger partial charge on any atom is -0.357 e. The molecule has 7 heteroatoms. The first-order valence-corrected chi connectivity index (χ1v) is 9.85. The Labute approximate surface area is 167 Å². The van der Waals surface area contributed by atoms with Crippen LogP contribution in [-0.2, 0) is 13.5 Å². The zero-order chi connectivity index (χ0) is 20.1. The first kappa shape index (κ1) is 18.5. The average Bonchev–Trinajstić information content (AvgIpc) is 3.17. The van der Waals surface area contributed by atoms with Crippen molar-refractivity contribution in [3.63, 3.8) is 0 Å². The van der Waals surface area contributed by atoms with Gasteiger partial charge in [-0.25, -0.2) is 24.3 Å². The first-order valence-electron chi connectivity index (χ1n) is 9.85. The lowest BCUT2D eigenvalue weighted by Gasteiger charge is -2.26. The van der Waals surface area contributed by atoms with Crippen molar-refractivity contribution in [1.29, 1.82) is 0 Å². The van der Waals surface area contributed by atoms with Crippen molar-refractivity contribution in [2.24, 2.45) is 12.5 Å². The Hall–Kier alpha value is -2.83. The standard InChI is InChI=1S/C21H30N7/c1-14-22-9-10-27(14)17-11-16(13-21(3,4)5)12-18(26(17)6)28-15(2)25-19-20(28)24-8-7-23-19/h7-12,14-15,22H,13H2,1-6H3,(H,23,25)/q+1/t14?,15-/m1/s1. The highest BCUT2D eigenvalue weighted by Crippen LogP contribution is 2.37. The van der Waals surface area contributed by atoms with Gasteiger partial charge in [0.15, 0.2) is 12.0 Å². The normalized spacial score (nSPS) is 20.9. The third-order valence-electron chi connectivity index (χ3n) is 5.19. The average molecular weight is 381 g/mol. The first-order chi connectivity index (χ1) is 13.2. The second-order valence-corrected chi connectivity index (χ2v) is 8.86. The lowest BCUT2D eigenvalue weighted by atomic mass is 9.88. The summed E-state index contributed by atoms with van der Waals surface area (Å²) in [6.45, 7) is 11.1. The molecule has 0 amide bonds. The van der Waals surface area contributed by atoms with Gasteiger partial charge < -0.3 is 10.6 Å². The summed E-state index contributed by atoms with van der Waals surface area (Å²) in [5, 5.41) is 6.80. The second kappa shape index (κ2) is 6.65. The molecule has 28 heavy (non-hydrogen) atoms. The van der Waals surface area contributed by atoms with Crippen molar-refractivity contribution in [3.05, 3.63) is 42.5 Å². The lowest BCUT2D eigenvalue weighted by Crippen LogP contribution is -2.47. The maximum Gasteiger partial charge on any atom is 0.237 e. The number of rotatable bonds is 3. The smallest absolute Gasteiger partial charge is 0.237 e. The molecule has 2 aromatic heterocycles. The van der Waals surface area contributed by atoms with Crippen LogP contribution in [0.15, 0.2) is 36.9 Å². The van der Waals surface area contributed by atoms with E-state index in [1.807, 2.05) is 6.20 Å². The molecular weight excluding hydrogens is 350 g/mol. The summed E-state index contributed by atoms with van der Waals surface area (Å²) in [6, 6.07) is 4.59. The number of aromatic nitrogens is 3. The summed E-state index contributed by atoms with van der Waals surface area (Å²) >= 11 is 0. The maximum atomic E-state index is 4.60. The second-order valence-electron chi connectivity index (χ2n) is 8.86. The van der Waals surface area contributed by atoms with Crippen LogP contribution in [0.1, 0.15) is 40.2 Å². The van der Waals surface area contributed by atoms with Crippen molar-refractivity contribution < 1.29 is 4.57 Å². The van der Waals surface area contributed by atoms with Crippen LogP contribution in [0.4, 0.5) is 23.3 Å². The van der Waals surface area contributed by atoms with Gasteiger partial charge in [-0.15, -0.1) is 0 Å². The van der Waals surface area contributed by atoms with Crippen molar-refractivity contribution in [1.82, 2.24) is 15.3 Å². The van der Waals surface area contributed by atoms with E-state index in [2.05, 4.69) is 95.0 Å². The Balaban J connectivity index is 1.86. The Kier molecular flexibility index (Phi) is 4.40. The summed E-state index contributed by atoms with van der Waals surface area (Å²) < 4.78 is 2.24. The van der Waals surface area contributed by atoms with Crippen molar-refractivity contribution in [3.8, 4) is 0 Å². The fourth-order valence-corrected chi connectivity index (χ4v) is 3.99. The lowest BCUT2D eigenvalue weighted by molar-refractivity contribution is -0.645. The SMILES string of the molecule is CC1NC=CN1c1cc(CC(C)(C)C)cc(N2c3nccnc3N[C@H]2C)[n+]1C. The Bertz CT molecular complexity index is 915. The van der Waals surface area contributed by atoms with Crippen LogP contribution in [0.3, 0.4) is 0 Å². The molecule has 0 fully saturated rings. The molecule has 4 rings (SSSR count). The molecule has 0 saturated carbocycles. The van der Waals surface area contributed by atoms with E-state index in [0.717, 1.165) is 29.7 Å². The Morgan fingerprint density at radius 1 is 1.07 bits per heavy atom. The van der Waals surface area contributed by atoms with E-state index in [1.165, 1.54) is 5.56 Å². The number of hydrogen-bond donors (Lipinski definition) is 2. The molecular formula is C21H30N7+. The third kappa shape index (κ3) is 3.25. The van der Waals surface area contributed by atoms with Gasteiger partial charge in [0, 0.05) is 30.7 Å². The number of hydrogen-bond acceptors (Lipinski definition) is 6. The van der Waals surface area contributed by atoms with Crippen LogP contribution >= 0.6 is 0 Å². The molecule has 0 saturated heterocycles. The van der Waals surface area contributed by atoms with E-state index < -0.39 is 0 Å². The topological polar surface area (TPSA) is 60.2 Å². The minimum atomic E-state index is 0.0750. The highest BCUT2D eigenvalue weighted by atomic mass is 15.4. The van der Waals surface area contributed by atoms with Gasteiger partial charge in [0.2, 0.25) is 17.5 Å². The number of fused-ring (bicyclic) bond motifs is 1. The summed E-state index contributed by atoms with van der Waals surface area (Å²) in [6.07, 6.45) is 8.87. The Morgan fingerprint density at radius 3 is 2.46 bits per heavy atom. The van der Waals surface area contributed by atoms with Crippen LogP contribution < -0.4 is 25.0 Å². The van der Waals surface area contributed by atoms with Gasteiger partial charge in [0.05, 0.1) is 13.2 Å². The monoisotopic (exact) mass is 380 g/mol. The van der Waals surface area contributed by atoms with Crippen molar-refractivity contribution >= 4 is 23.3 Å². The van der Waals surface area contributed by atoms with E-state index in [-0.39, 0.29) is 17.7 Å². The minimum absolute atomic E-state index is 0.0750. The molecule has 1 unspecified atom stereocenters.